The van der Waals surface area contributed by atoms with Crippen molar-refractivity contribution in [3.8, 4) is 0 Å². The summed E-state index contributed by atoms with van der Waals surface area (Å²) in [6.45, 7) is 0.854. The minimum absolute atomic E-state index is 0.0927. The van der Waals surface area contributed by atoms with Gasteiger partial charge in [0.15, 0.2) is 0 Å². The molecule has 114 valence electrons. The molecule has 0 saturated heterocycles. The average molecular weight is 317 g/mol. The number of alkyl halides is 2. The first kappa shape index (κ1) is 15.9. The second-order valence-corrected chi connectivity index (χ2v) is 4.87. The maximum Gasteiger partial charge on any atom is 0.263 e. The third kappa shape index (κ3) is 3.58. The quantitative estimate of drug-likeness (QED) is 0.890. The van der Waals surface area contributed by atoms with Crippen LogP contribution in [-0.4, -0.2) is 28.6 Å². The van der Waals surface area contributed by atoms with Crippen LogP contribution in [0.3, 0.4) is 0 Å². The number of halogens is 3. The number of ether oxygens (including phenoxy) is 1. The highest BCUT2D eigenvalue weighted by Crippen LogP contribution is 2.29. The van der Waals surface area contributed by atoms with Crippen molar-refractivity contribution in [2.24, 2.45) is 0 Å². The summed E-state index contributed by atoms with van der Waals surface area (Å²) < 4.78 is 31.6. The normalized spacial score (nSPS) is 12.9. The first-order valence-corrected chi connectivity index (χ1v) is 6.68. The van der Waals surface area contributed by atoms with Crippen LogP contribution < -0.4 is 0 Å². The largest absolute Gasteiger partial charge is 0.383 e. The number of aromatic nitrogens is 2. The van der Waals surface area contributed by atoms with Crippen LogP contribution >= 0.6 is 11.6 Å². The number of aliphatic hydroxyl groups excluding tert-OH is 1. The molecular weight excluding hydrogens is 302 g/mol. The summed E-state index contributed by atoms with van der Waals surface area (Å²) >= 11 is 6.05. The van der Waals surface area contributed by atoms with Crippen molar-refractivity contribution in [1.82, 2.24) is 9.78 Å². The van der Waals surface area contributed by atoms with E-state index in [9.17, 15) is 13.9 Å². The van der Waals surface area contributed by atoms with Gasteiger partial charge in [0.05, 0.1) is 30.1 Å². The van der Waals surface area contributed by atoms with Crippen molar-refractivity contribution in [3.05, 3.63) is 52.3 Å². The lowest BCUT2D eigenvalue weighted by Gasteiger charge is -2.15. The van der Waals surface area contributed by atoms with E-state index in [2.05, 4.69) is 5.10 Å². The molecule has 1 N–H and O–H groups in total. The van der Waals surface area contributed by atoms with Crippen molar-refractivity contribution in [3.63, 3.8) is 0 Å². The summed E-state index contributed by atoms with van der Waals surface area (Å²) in [5, 5.41) is 14.8. The SMILES string of the molecule is COCCn1ncc(Cl)c1C(O)c1ccc(C(F)F)cc1. The number of aliphatic hydroxyl groups is 1. The Hall–Kier alpha value is -1.50. The fourth-order valence-corrected chi connectivity index (χ4v) is 2.23. The summed E-state index contributed by atoms with van der Waals surface area (Å²) in [5.74, 6) is 0. The number of rotatable bonds is 6. The summed E-state index contributed by atoms with van der Waals surface area (Å²) in [6.07, 6.45) is -2.14. The van der Waals surface area contributed by atoms with Gasteiger partial charge in [0.2, 0.25) is 0 Å². The van der Waals surface area contributed by atoms with Gasteiger partial charge in [0.25, 0.3) is 6.43 Å². The monoisotopic (exact) mass is 316 g/mol. The van der Waals surface area contributed by atoms with E-state index in [1.165, 1.54) is 35.1 Å². The van der Waals surface area contributed by atoms with Crippen LogP contribution in [0.2, 0.25) is 5.02 Å². The molecule has 0 aliphatic rings. The van der Waals surface area contributed by atoms with Gasteiger partial charge in [-0.25, -0.2) is 8.78 Å². The fourth-order valence-electron chi connectivity index (χ4n) is 1.98. The van der Waals surface area contributed by atoms with Crippen molar-refractivity contribution >= 4 is 11.6 Å². The van der Waals surface area contributed by atoms with Crippen molar-refractivity contribution in [1.29, 1.82) is 0 Å². The van der Waals surface area contributed by atoms with Crippen LogP contribution in [-0.2, 0) is 11.3 Å². The van der Waals surface area contributed by atoms with Gasteiger partial charge in [-0.05, 0) is 5.56 Å². The van der Waals surface area contributed by atoms with Gasteiger partial charge in [-0.3, -0.25) is 4.68 Å². The molecule has 1 atom stereocenters. The maximum atomic E-state index is 12.5. The third-order valence-corrected chi connectivity index (χ3v) is 3.39. The molecule has 0 spiro atoms. The molecular formula is C14H15ClF2N2O2. The van der Waals surface area contributed by atoms with Gasteiger partial charge in [-0.2, -0.15) is 5.10 Å². The molecule has 0 bridgehead atoms. The van der Waals surface area contributed by atoms with Gasteiger partial charge in [0, 0.05) is 12.7 Å². The summed E-state index contributed by atoms with van der Waals surface area (Å²) in [6, 6.07) is 5.48. The predicted molar refractivity (Wildman–Crippen MR) is 74.6 cm³/mol. The number of methoxy groups -OCH3 is 1. The Balaban J connectivity index is 2.26. The highest BCUT2D eigenvalue weighted by atomic mass is 35.5. The number of hydrogen-bond donors (Lipinski definition) is 1. The molecule has 1 aromatic carbocycles. The van der Waals surface area contributed by atoms with E-state index in [1.807, 2.05) is 0 Å². The zero-order chi connectivity index (χ0) is 15.4. The maximum absolute atomic E-state index is 12.5. The molecule has 0 saturated carbocycles. The van der Waals surface area contributed by atoms with E-state index in [4.69, 9.17) is 16.3 Å². The predicted octanol–water partition coefficient (Wildman–Crippen LogP) is 3.20. The lowest BCUT2D eigenvalue weighted by Crippen LogP contribution is -2.13. The summed E-state index contributed by atoms with van der Waals surface area (Å²) in [7, 11) is 1.56. The number of benzene rings is 1. The smallest absolute Gasteiger partial charge is 0.263 e. The third-order valence-electron chi connectivity index (χ3n) is 3.10. The van der Waals surface area contributed by atoms with E-state index < -0.39 is 12.5 Å². The van der Waals surface area contributed by atoms with Crippen molar-refractivity contribution < 1.29 is 18.6 Å². The van der Waals surface area contributed by atoms with Crippen LogP contribution in [0.4, 0.5) is 8.78 Å². The van der Waals surface area contributed by atoms with Gasteiger partial charge in [-0.15, -0.1) is 0 Å². The molecule has 1 aromatic heterocycles. The molecule has 2 aromatic rings. The first-order chi connectivity index (χ1) is 10.0. The van der Waals surface area contributed by atoms with Crippen LogP contribution in [0.1, 0.15) is 29.4 Å². The molecule has 21 heavy (non-hydrogen) atoms. The second kappa shape index (κ2) is 6.98. The molecule has 1 heterocycles. The molecule has 7 heteroatoms. The average Bonchev–Trinajstić information content (AvgIpc) is 2.85. The molecule has 2 rings (SSSR count). The molecule has 0 radical (unpaired) electrons. The van der Waals surface area contributed by atoms with Crippen molar-refractivity contribution in [2.45, 2.75) is 19.1 Å². The van der Waals surface area contributed by atoms with Gasteiger partial charge in [-0.1, -0.05) is 35.9 Å². The zero-order valence-corrected chi connectivity index (χ0v) is 12.1. The summed E-state index contributed by atoms with van der Waals surface area (Å²) in [5.41, 5.74) is 0.795. The second-order valence-electron chi connectivity index (χ2n) is 4.46. The van der Waals surface area contributed by atoms with Gasteiger partial charge < -0.3 is 9.84 Å². The minimum atomic E-state index is -2.54. The van der Waals surface area contributed by atoms with Crippen LogP contribution in [0.25, 0.3) is 0 Å². The molecule has 0 aliphatic carbocycles. The van der Waals surface area contributed by atoms with E-state index in [0.29, 0.717) is 29.4 Å². The number of hydrogen-bond acceptors (Lipinski definition) is 3. The zero-order valence-electron chi connectivity index (χ0n) is 11.3. The van der Waals surface area contributed by atoms with E-state index in [-0.39, 0.29) is 5.56 Å². The lowest BCUT2D eigenvalue weighted by molar-refractivity contribution is 0.151. The lowest BCUT2D eigenvalue weighted by atomic mass is 10.0. The Bertz CT molecular complexity index is 587. The van der Waals surface area contributed by atoms with Crippen molar-refractivity contribution in [2.75, 3.05) is 13.7 Å². The highest BCUT2D eigenvalue weighted by molar-refractivity contribution is 6.31. The van der Waals surface area contributed by atoms with Gasteiger partial charge in [0.1, 0.15) is 6.10 Å². The van der Waals surface area contributed by atoms with E-state index >= 15 is 0 Å². The number of nitrogens with zero attached hydrogens (tertiary/aromatic N) is 2. The summed E-state index contributed by atoms with van der Waals surface area (Å²) in [4.78, 5) is 0. The van der Waals surface area contributed by atoms with E-state index in [1.54, 1.807) is 7.11 Å². The highest BCUT2D eigenvalue weighted by Gasteiger charge is 2.20. The molecule has 0 aliphatic heterocycles. The molecule has 4 nitrogen and oxygen atoms in total. The van der Waals surface area contributed by atoms with Crippen LogP contribution in [0, 0.1) is 0 Å². The Morgan fingerprint density at radius 2 is 1.90 bits per heavy atom. The Kier molecular flexibility index (Phi) is 5.27. The topological polar surface area (TPSA) is 47.3 Å². The fraction of sp³-hybridized carbons (Fsp3) is 0.357. The molecule has 0 amide bonds. The van der Waals surface area contributed by atoms with Gasteiger partial charge >= 0.3 is 0 Å². The van der Waals surface area contributed by atoms with E-state index in [0.717, 1.165) is 0 Å². The van der Waals surface area contributed by atoms with Crippen LogP contribution in [0.15, 0.2) is 30.5 Å². The Morgan fingerprint density at radius 3 is 2.48 bits per heavy atom. The molecule has 0 fully saturated rings. The Morgan fingerprint density at radius 1 is 1.29 bits per heavy atom. The minimum Gasteiger partial charge on any atom is -0.383 e. The van der Waals surface area contributed by atoms with Crippen LogP contribution in [0.5, 0.6) is 0 Å². The standard InChI is InChI=1S/C14H15ClF2N2O2/c1-21-7-6-19-12(11(15)8-18-19)13(20)9-2-4-10(5-3-9)14(16)17/h2-5,8,13-14,20H,6-7H2,1H3. The Labute approximate surface area is 125 Å². The molecule has 1 unspecified atom stereocenters. The first-order valence-electron chi connectivity index (χ1n) is 6.30.